The first kappa shape index (κ1) is 9.25. The van der Waals surface area contributed by atoms with E-state index in [0.29, 0.717) is 12.8 Å². The van der Waals surface area contributed by atoms with Gasteiger partial charge in [-0.3, -0.25) is 4.79 Å². The van der Waals surface area contributed by atoms with Gasteiger partial charge < -0.3 is 5.11 Å². The van der Waals surface area contributed by atoms with Crippen LogP contribution in [0.3, 0.4) is 0 Å². The summed E-state index contributed by atoms with van der Waals surface area (Å²) in [7, 11) is -2.32. The van der Waals surface area contributed by atoms with Crippen LogP contribution in [-0.2, 0) is 15.1 Å². The van der Waals surface area contributed by atoms with Gasteiger partial charge in [0.25, 0.3) is 0 Å². The Kier molecular flexibility index (Phi) is 2.86. The van der Waals surface area contributed by atoms with Crippen molar-refractivity contribution in [1.82, 2.24) is 0 Å². The smallest absolute Gasteiger partial charge is 0.311 e. The van der Waals surface area contributed by atoms with E-state index in [0.717, 1.165) is 12.8 Å². The molecule has 1 fully saturated rings. The third-order valence-corrected chi connectivity index (χ3v) is 2.98. The number of aliphatic carboxylic acids is 1. The van der Waals surface area contributed by atoms with Crippen LogP contribution in [0, 0.1) is 5.92 Å². The Morgan fingerprint density at radius 2 is 2.08 bits per heavy atom. The van der Waals surface area contributed by atoms with Gasteiger partial charge in [0.05, 0.1) is 10.8 Å². The van der Waals surface area contributed by atoms with Gasteiger partial charge in [0, 0.05) is 0 Å². The molecule has 0 aromatic heterocycles. The minimum Gasteiger partial charge on any atom is -0.481 e. The second-order valence-electron chi connectivity index (χ2n) is 2.84. The first-order chi connectivity index (χ1) is 5.63. The molecule has 68 valence electrons. The molecule has 1 aliphatic carbocycles. The monoisotopic (exact) mass is 190 g/mol. The maximum atomic E-state index is 10.6. The van der Waals surface area contributed by atoms with E-state index in [2.05, 4.69) is 0 Å². The van der Waals surface area contributed by atoms with Gasteiger partial charge in [0.15, 0.2) is 0 Å². The summed E-state index contributed by atoms with van der Waals surface area (Å²) in [6, 6.07) is 0. The topological polar surface area (TPSA) is 71.4 Å². The molecule has 0 heterocycles. The normalized spacial score (nSPS) is 23.7. The first-order valence-corrected chi connectivity index (χ1v) is 4.88. The zero-order chi connectivity index (χ0) is 9.14. The van der Waals surface area contributed by atoms with Crippen molar-refractivity contribution in [3.05, 3.63) is 0 Å². The minimum absolute atomic E-state index is 0.161. The molecular formula is C7H10O4S. The number of rotatable bonds is 1. The third-order valence-electron chi connectivity index (χ3n) is 2.07. The van der Waals surface area contributed by atoms with Crippen molar-refractivity contribution in [2.45, 2.75) is 25.7 Å². The molecule has 0 amide bonds. The van der Waals surface area contributed by atoms with E-state index in [4.69, 9.17) is 5.11 Å². The first-order valence-electron chi connectivity index (χ1n) is 3.80. The predicted octanol–water partition coefficient (Wildman–Crippen LogP) is 0.313. The van der Waals surface area contributed by atoms with Crippen molar-refractivity contribution >= 4 is 21.1 Å². The number of carboxylic acids is 1. The van der Waals surface area contributed by atoms with Gasteiger partial charge in [-0.1, -0.05) is 6.42 Å². The fraction of sp³-hybridized carbons (Fsp3) is 0.714. The minimum atomic E-state index is -2.32. The lowest BCUT2D eigenvalue weighted by Gasteiger charge is -2.17. The van der Waals surface area contributed by atoms with Crippen LogP contribution in [0.25, 0.3) is 0 Å². The summed E-state index contributed by atoms with van der Waals surface area (Å²) in [5, 5.41) is 8.66. The summed E-state index contributed by atoms with van der Waals surface area (Å²) < 4.78 is 21.1. The van der Waals surface area contributed by atoms with E-state index < -0.39 is 22.2 Å². The zero-order valence-corrected chi connectivity index (χ0v) is 7.30. The Morgan fingerprint density at radius 3 is 2.50 bits per heavy atom. The summed E-state index contributed by atoms with van der Waals surface area (Å²) in [6.07, 6.45) is 2.45. The second kappa shape index (κ2) is 3.71. The molecule has 0 aromatic carbocycles. The summed E-state index contributed by atoms with van der Waals surface area (Å²) >= 11 is 0. The molecule has 1 unspecified atom stereocenters. The van der Waals surface area contributed by atoms with Crippen LogP contribution in [0.15, 0.2) is 0 Å². The quantitative estimate of drug-likeness (QED) is 0.604. The Labute approximate surface area is 71.7 Å². The van der Waals surface area contributed by atoms with E-state index in [1.165, 1.54) is 0 Å². The molecule has 1 N–H and O–H groups in total. The van der Waals surface area contributed by atoms with E-state index in [-0.39, 0.29) is 4.86 Å². The number of carboxylic acid groups (broad SMARTS) is 1. The van der Waals surface area contributed by atoms with Gasteiger partial charge in [0.1, 0.15) is 0 Å². The molecule has 1 aliphatic rings. The molecule has 5 heteroatoms. The molecule has 4 nitrogen and oxygen atoms in total. The highest BCUT2D eigenvalue weighted by molar-refractivity contribution is 7.73. The lowest BCUT2D eigenvalue weighted by molar-refractivity contribution is -0.139. The van der Waals surface area contributed by atoms with Gasteiger partial charge >= 0.3 is 5.97 Å². The Bertz CT molecular complexity index is 306. The molecule has 1 rings (SSSR count). The maximum absolute atomic E-state index is 10.6. The Morgan fingerprint density at radius 1 is 1.42 bits per heavy atom. The highest BCUT2D eigenvalue weighted by atomic mass is 32.2. The van der Waals surface area contributed by atoms with E-state index in [9.17, 15) is 13.2 Å². The molecule has 0 aromatic rings. The fourth-order valence-corrected chi connectivity index (χ4v) is 2.21. The van der Waals surface area contributed by atoms with Gasteiger partial charge in [-0.05, 0) is 19.3 Å². The summed E-state index contributed by atoms with van der Waals surface area (Å²) in [5.41, 5.74) is 0. The zero-order valence-electron chi connectivity index (χ0n) is 6.49. The highest BCUT2D eigenvalue weighted by Crippen LogP contribution is 2.21. The lowest BCUT2D eigenvalue weighted by Crippen LogP contribution is -2.27. The molecule has 0 bridgehead atoms. The summed E-state index contributed by atoms with van der Waals surface area (Å²) in [5.74, 6) is -1.79. The standard InChI is InChI=1S/C7H10O4S/c8-7(9)5-3-1-2-4-6(5)12(10)11/h5H,1-4H2,(H,8,9). The second-order valence-corrected chi connectivity index (χ2v) is 3.83. The van der Waals surface area contributed by atoms with Gasteiger partial charge in [-0.25, -0.2) is 0 Å². The van der Waals surface area contributed by atoms with E-state index in [1.54, 1.807) is 0 Å². The highest BCUT2D eigenvalue weighted by Gasteiger charge is 2.27. The fourth-order valence-electron chi connectivity index (χ4n) is 1.44. The molecule has 0 spiro atoms. The van der Waals surface area contributed by atoms with Crippen LogP contribution in [0.5, 0.6) is 0 Å². The summed E-state index contributed by atoms with van der Waals surface area (Å²) in [4.78, 5) is 10.7. The van der Waals surface area contributed by atoms with Crippen LogP contribution in [0.2, 0.25) is 0 Å². The molecule has 1 saturated carbocycles. The van der Waals surface area contributed by atoms with Crippen molar-refractivity contribution < 1.29 is 18.3 Å². The SMILES string of the molecule is O=C(O)C1CCCCC1=S(=O)=O. The average Bonchev–Trinajstić information content (AvgIpc) is 2.04. The van der Waals surface area contributed by atoms with Gasteiger partial charge in [-0.2, -0.15) is 8.42 Å². The van der Waals surface area contributed by atoms with Gasteiger partial charge in [0.2, 0.25) is 10.3 Å². The number of hydrogen-bond donors (Lipinski definition) is 1. The van der Waals surface area contributed by atoms with Crippen molar-refractivity contribution in [3.8, 4) is 0 Å². The van der Waals surface area contributed by atoms with Crippen LogP contribution in [-0.4, -0.2) is 24.4 Å². The van der Waals surface area contributed by atoms with Gasteiger partial charge in [-0.15, -0.1) is 0 Å². The molecule has 0 saturated heterocycles. The molecule has 0 aliphatic heterocycles. The number of hydrogen-bond acceptors (Lipinski definition) is 3. The van der Waals surface area contributed by atoms with Crippen molar-refractivity contribution in [2.75, 3.05) is 0 Å². The Balaban J connectivity index is 2.97. The van der Waals surface area contributed by atoms with E-state index in [1.807, 2.05) is 0 Å². The molecule has 1 atom stereocenters. The molecule has 0 radical (unpaired) electrons. The molecular weight excluding hydrogens is 180 g/mol. The van der Waals surface area contributed by atoms with Crippen molar-refractivity contribution in [1.29, 1.82) is 0 Å². The van der Waals surface area contributed by atoms with Crippen molar-refractivity contribution in [2.24, 2.45) is 5.92 Å². The van der Waals surface area contributed by atoms with Crippen LogP contribution in [0.4, 0.5) is 0 Å². The van der Waals surface area contributed by atoms with Crippen LogP contribution >= 0.6 is 0 Å². The average molecular weight is 190 g/mol. The van der Waals surface area contributed by atoms with Crippen LogP contribution < -0.4 is 0 Å². The lowest BCUT2D eigenvalue weighted by atomic mass is 9.89. The largest absolute Gasteiger partial charge is 0.481 e. The molecule has 12 heavy (non-hydrogen) atoms. The van der Waals surface area contributed by atoms with Crippen molar-refractivity contribution in [3.63, 3.8) is 0 Å². The maximum Gasteiger partial charge on any atom is 0.311 e. The summed E-state index contributed by atoms with van der Waals surface area (Å²) in [6.45, 7) is 0. The van der Waals surface area contributed by atoms with E-state index >= 15 is 0 Å². The predicted molar refractivity (Wildman–Crippen MR) is 43.5 cm³/mol. The van der Waals surface area contributed by atoms with Crippen LogP contribution in [0.1, 0.15) is 25.7 Å². The Hall–Kier alpha value is -0.840. The third kappa shape index (κ3) is 1.85. The number of carbonyl (C=O) groups is 1.